The van der Waals surface area contributed by atoms with Crippen LogP contribution in [0.3, 0.4) is 0 Å². The molecule has 0 N–H and O–H groups in total. The normalized spacial score (nSPS) is 26.5. The molecule has 2 fully saturated rings. The smallest absolute Gasteiger partial charge is 0.254 e. The number of likely N-dealkylation sites (N-methyl/N-ethyl adjacent to an activating group) is 1. The van der Waals surface area contributed by atoms with Gasteiger partial charge >= 0.3 is 0 Å². The average molecular weight is 289 g/mol. The first-order valence-electron chi connectivity index (χ1n) is 7.55. The van der Waals surface area contributed by atoms with Crippen LogP contribution in [0.15, 0.2) is 12.1 Å². The minimum Gasteiger partial charge on any atom is -0.379 e. The van der Waals surface area contributed by atoms with E-state index in [-0.39, 0.29) is 11.9 Å². The number of ether oxygens (including phenoxy) is 1. The summed E-state index contributed by atoms with van der Waals surface area (Å²) in [7, 11) is 2.13. The van der Waals surface area contributed by atoms with Crippen LogP contribution in [-0.2, 0) is 4.74 Å². The molecule has 3 heterocycles. The molecule has 0 unspecified atom stereocenters. The molecule has 5 heteroatoms. The molecule has 2 saturated heterocycles. The van der Waals surface area contributed by atoms with Gasteiger partial charge in [0.05, 0.1) is 19.3 Å². The lowest BCUT2D eigenvalue weighted by atomic mass is 10.1. The van der Waals surface area contributed by atoms with Crippen LogP contribution in [0.2, 0.25) is 0 Å². The van der Waals surface area contributed by atoms with Crippen LogP contribution >= 0.6 is 0 Å². The number of amides is 1. The quantitative estimate of drug-likeness (QED) is 0.777. The Bertz CT molecular complexity index is 526. The summed E-state index contributed by atoms with van der Waals surface area (Å²) in [5, 5.41) is 0. The molecule has 5 nitrogen and oxygen atoms in total. The molecule has 0 aliphatic carbocycles. The highest BCUT2D eigenvalue weighted by Crippen LogP contribution is 2.21. The molecule has 0 aromatic carbocycles. The first-order chi connectivity index (χ1) is 10.0. The maximum absolute atomic E-state index is 12.9. The van der Waals surface area contributed by atoms with Crippen LogP contribution in [-0.4, -0.2) is 66.6 Å². The van der Waals surface area contributed by atoms with Crippen LogP contribution in [0, 0.1) is 19.8 Å². The van der Waals surface area contributed by atoms with E-state index in [1.807, 2.05) is 30.9 Å². The van der Waals surface area contributed by atoms with Crippen molar-refractivity contribution in [3.63, 3.8) is 0 Å². The van der Waals surface area contributed by atoms with Crippen molar-refractivity contribution >= 4 is 5.91 Å². The molecule has 1 amide bonds. The highest BCUT2D eigenvalue weighted by atomic mass is 16.5. The zero-order chi connectivity index (χ0) is 15.0. The summed E-state index contributed by atoms with van der Waals surface area (Å²) in [4.78, 5) is 21.6. The van der Waals surface area contributed by atoms with Crippen molar-refractivity contribution in [2.45, 2.75) is 19.9 Å². The maximum Gasteiger partial charge on any atom is 0.254 e. The van der Waals surface area contributed by atoms with E-state index in [4.69, 9.17) is 4.74 Å². The van der Waals surface area contributed by atoms with E-state index < -0.39 is 0 Å². The fourth-order valence-corrected chi connectivity index (χ4v) is 3.45. The van der Waals surface area contributed by atoms with E-state index in [0.29, 0.717) is 12.5 Å². The highest BCUT2D eigenvalue weighted by Gasteiger charge is 2.35. The lowest BCUT2D eigenvalue weighted by Crippen LogP contribution is -2.46. The van der Waals surface area contributed by atoms with Crippen molar-refractivity contribution in [2.24, 2.45) is 5.92 Å². The summed E-state index contributed by atoms with van der Waals surface area (Å²) in [5.41, 5.74) is 2.53. The Morgan fingerprint density at radius 3 is 2.62 bits per heavy atom. The van der Waals surface area contributed by atoms with Gasteiger partial charge in [-0.05, 0) is 33.0 Å². The molecule has 2 aliphatic heterocycles. The Balaban J connectivity index is 1.89. The molecular formula is C16H23N3O2. The monoisotopic (exact) mass is 289 g/mol. The number of aromatic nitrogens is 1. The standard InChI is InChI=1S/C16H23N3O2/c1-11-4-14(5-12(2)17-11)16(20)19-7-13-6-18(3)8-15(19)10-21-9-13/h4-5,13,15H,6-10H2,1-3H3/t13-,15-/m0/s1. The topological polar surface area (TPSA) is 45.7 Å². The Morgan fingerprint density at radius 2 is 1.90 bits per heavy atom. The van der Waals surface area contributed by atoms with Crippen LogP contribution in [0.5, 0.6) is 0 Å². The van der Waals surface area contributed by atoms with Gasteiger partial charge in [-0.3, -0.25) is 9.78 Å². The Labute approximate surface area is 125 Å². The Morgan fingerprint density at radius 1 is 1.19 bits per heavy atom. The molecule has 3 rings (SSSR count). The molecule has 0 radical (unpaired) electrons. The van der Waals surface area contributed by atoms with Gasteiger partial charge in [-0.15, -0.1) is 0 Å². The summed E-state index contributed by atoms with van der Waals surface area (Å²) < 4.78 is 5.74. The van der Waals surface area contributed by atoms with Crippen LogP contribution < -0.4 is 0 Å². The van der Waals surface area contributed by atoms with Gasteiger partial charge in [0.2, 0.25) is 0 Å². The number of carbonyl (C=O) groups is 1. The van der Waals surface area contributed by atoms with Gasteiger partial charge in [-0.25, -0.2) is 0 Å². The first-order valence-corrected chi connectivity index (χ1v) is 7.55. The third kappa shape index (κ3) is 3.09. The Hall–Kier alpha value is -1.46. The van der Waals surface area contributed by atoms with Crippen LogP contribution in [0.4, 0.5) is 0 Å². The largest absolute Gasteiger partial charge is 0.379 e. The first kappa shape index (κ1) is 14.5. The molecule has 114 valence electrons. The minimum atomic E-state index is 0.111. The van der Waals surface area contributed by atoms with Gasteiger partial charge in [-0.2, -0.15) is 0 Å². The van der Waals surface area contributed by atoms with Crippen LogP contribution in [0.25, 0.3) is 0 Å². The lowest BCUT2D eigenvalue weighted by molar-refractivity contribution is 0.0483. The third-order valence-corrected chi connectivity index (χ3v) is 4.24. The average Bonchev–Trinajstić information content (AvgIpc) is 2.66. The summed E-state index contributed by atoms with van der Waals surface area (Å²) in [6.45, 7) is 7.91. The van der Waals surface area contributed by atoms with Crippen molar-refractivity contribution in [3.05, 3.63) is 29.1 Å². The van der Waals surface area contributed by atoms with Gasteiger partial charge < -0.3 is 14.5 Å². The van der Waals surface area contributed by atoms with Gasteiger partial charge in [-0.1, -0.05) is 0 Å². The molecule has 0 spiro atoms. The second-order valence-electron chi connectivity index (χ2n) is 6.37. The number of pyridine rings is 1. The number of hydrogen-bond donors (Lipinski definition) is 0. The molecule has 21 heavy (non-hydrogen) atoms. The van der Waals surface area contributed by atoms with E-state index in [9.17, 15) is 4.79 Å². The molecule has 0 saturated carbocycles. The Kier molecular flexibility index (Phi) is 3.95. The van der Waals surface area contributed by atoms with Gasteiger partial charge in [0.25, 0.3) is 5.91 Å². The number of carbonyl (C=O) groups excluding carboxylic acids is 1. The molecule has 2 bridgehead atoms. The number of rotatable bonds is 1. The van der Waals surface area contributed by atoms with Crippen molar-refractivity contribution in [1.82, 2.24) is 14.8 Å². The van der Waals surface area contributed by atoms with E-state index in [1.54, 1.807) is 0 Å². The zero-order valence-electron chi connectivity index (χ0n) is 13.0. The minimum absolute atomic E-state index is 0.111. The van der Waals surface area contributed by atoms with E-state index in [1.165, 1.54) is 0 Å². The highest BCUT2D eigenvalue weighted by molar-refractivity contribution is 5.94. The maximum atomic E-state index is 12.9. The van der Waals surface area contributed by atoms with Crippen molar-refractivity contribution in [1.29, 1.82) is 0 Å². The van der Waals surface area contributed by atoms with Gasteiger partial charge in [0.1, 0.15) is 0 Å². The number of aryl methyl sites for hydroxylation is 2. The van der Waals surface area contributed by atoms with Crippen molar-refractivity contribution in [2.75, 3.05) is 39.9 Å². The molecule has 2 aliphatic rings. The molecule has 1 aromatic rings. The second kappa shape index (κ2) is 5.73. The summed E-state index contributed by atoms with van der Waals surface area (Å²) >= 11 is 0. The van der Waals surface area contributed by atoms with E-state index in [0.717, 1.165) is 43.2 Å². The fraction of sp³-hybridized carbons (Fsp3) is 0.625. The summed E-state index contributed by atoms with van der Waals surface area (Å²) in [5.74, 6) is 0.509. The van der Waals surface area contributed by atoms with E-state index >= 15 is 0 Å². The fourth-order valence-electron chi connectivity index (χ4n) is 3.45. The second-order valence-corrected chi connectivity index (χ2v) is 6.37. The number of nitrogens with zero attached hydrogens (tertiary/aromatic N) is 3. The lowest BCUT2D eigenvalue weighted by Gasteiger charge is -2.29. The molecular weight excluding hydrogens is 266 g/mol. The zero-order valence-corrected chi connectivity index (χ0v) is 13.0. The predicted octanol–water partition coefficient (Wildman–Crippen LogP) is 1.10. The molecule has 1 aromatic heterocycles. The summed E-state index contributed by atoms with van der Waals surface area (Å²) in [6, 6.07) is 3.91. The number of hydrogen-bond acceptors (Lipinski definition) is 4. The molecule has 2 atom stereocenters. The predicted molar refractivity (Wildman–Crippen MR) is 80.3 cm³/mol. The van der Waals surface area contributed by atoms with Crippen LogP contribution in [0.1, 0.15) is 21.7 Å². The van der Waals surface area contributed by atoms with Crippen molar-refractivity contribution in [3.8, 4) is 0 Å². The number of fused-ring (bicyclic) bond motifs is 3. The van der Waals surface area contributed by atoms with Gasteiger partial charge in [0, 0.05) is 42.5 Å². The summed E-state index contributed by atoms with van der Waals surface area (Å²) in [6.07, 6.45) is 0. The van der Waals surface area contributed by atoms with Gasteiger partial charge in [0.15, 0.2) is 0 Å². The SMILES string of the molecule is Cc1cc(C(=O)N2C[C@H]3COC[C@@H]2CN(C)C3)cc(C)n1. The van der Waals surface area contributed by atoms with Crippen molar-refractivity contribution < 1.29 is 9.53 Å². The third-order valence-electron chi connectivity index (χ3n) is 4.24. The van der Waals surface area contributed by atoms with E-state index in [2.05, 4.69) is 16.9 Å².